The molecule has 0 fully saturated rings. The highest BCUT2D eigenvalue weighted by Gasteiger charge is 2.00. The first-order valence-corrected chi connectivity index (χ1v) is 3.93. The molecule has 13 heavy (non-hydrogen) atoms. The van der Waals surface area contributed by atoms with E-state index in [-0.39, 0.29) is 11.1 Å². The number of rotatable bonds is 2. The minimum Gasteiger partial charge on any atom is -0.294 e. The molecule has 1 rings (SSSR count). The summed E-state index contributed by atoms with van der Waals surface area (Å²) in [6, 6.07) is 1.76. The summed E-state index contributed by atoms with van der Waals surface area (Å²) in [5, 5.41) is 8.52. The molecule has 0 saturated heterocycles. The van der Waals surface area contributed by atoms with Gasteiger partial charge in [0.1, 0.15) is 11.6 Å². The molecule has 0 aliphatic carbocycles. The van der Waals surface area contributed by atoms with E-state index in [1.807, 2.05) is 0 Å². The minimum atomic E-state index is -0.354. The summed E-state index contributed by atoms with van der Waals surface area (Å²) >= 11 is 5.30. The Hall–Kier alpha value is -1.60. The number of halogens is 1. The molecule has 0 radical (unpaired) electrons. The monoisotopic (exact) mass is 195 g/mol. The molecule has 0 unspecified atom stereocenters. The lowest BCUT2D eigenvalue weighted by molar-refractivity contribution is 0.750. The SMILES string of the molecule is N#Cc1cncn(C/C=C/Cl)c1=O. The van der Waals surface area contributed by atoms with Crippen LogP contribution in [0.5, 0.6) is 0 Å². The Kier molecular flexibility index (Phi) is 3.23. The highest BCUT2D eigenvalue weighted by Crippen LogP contribution is 1.87. The van der Waals surface area contributed by atoms with Gasteiger partial charge in [-0.1, -0.05) is 17.7 Å². The van der Waals surface area contributed by atoms with Crippen molar-refractivity contribution < 1.29 is 0 Å². The van der Waals surface area contributed by atoms with Gasteiger partial charge < -0.3 is 0 Å². The number of nitrogens with zero attached hydrogens (tertiary/aromatic N) is 3. The number of aromatic nitrogens is 2. The summed E-state index contributed by atoms with van der Waals surface area (Å²) in [5.41, 5.74) is 0.989. The molecule has 1 heterocycles. The van der Waals surface area contributed by atoms with Crippen LogP contribution in [-0.4, -0.2) is 9.55 Å². The first kappa shape index (κ1) is 9.49. The maximum absolute atomic E-state index is 11.3. The van der Waals surface area contributed by atoms with Crippen LogP contribution in [0.1, 0.15) is 5.56 Å². The molecule has 0 aromatic carbocycles. The zero-order valence-corrected chi connectivity index (χ0v) is 7.40. The molecule has 1 aromatic rings. The summed E-state index contributed by atoms with van der Waals surface area (Å²) in [4.78, 5) is 15.1. The Labute approximate surface area is 79.7 Å². The predicted molar refractivity (Wildman–Crippen MR) is 48.2 cm³/mol. The van der Waals surface area contributed by atoms with Gasteiger partial charge in [0.15, 0.2) is 0 Å². The van der Waals surface area contributed by atoms with Crippen molar-refractivity contribution in [3.05, 3.63) is 40.1 Å². The van der Waals surface area contributed by atoms with Crippen molar-refractivity contribution in [1.82, 2.24) is 9.55 Å². The third-order valence-electron chi connectivity index (χ3n) is 1.41. The van der Waals surface area contributed by atoms with E-state index in [4.69, 9.17) is 16.9 Å². The average molecular weight is 196 g/mol. The Morgan fingerprint density at radius 1 is 1.77 bits per heavy atom. The average Bonchev–Trinajstić information content (AvgIpc) is 2.16. The Balaban J connectivity index is 3.11. The van der Waals surface area contributed by atoms with Gasteiger partial charge >= 0.3 is 0 Å². The van der Waals surface area contributed by atoms with Crippen molar-refractivity contribution in [3.8, 4) is 6.07 Å². The molecule has 0 N–H and O–H groups in total. The van der Waals surface area contributed by atoms with Gasteiger partial charge in [-0.3, -0.25) is 9.36 Å². The predicted octanol–water partition coefficient (Wildman–Crippen LogP) is 0.867. The maximum atomic E-state index is 11.3. The van der Waals surface area contributed by atoms with Gasteiger partial charge in [0.05, 0.1) is 12.5 Å². The van der Waals surface area contributed by atoms with Gasteiger partial charge in [-0.15, -0.1) is 0 Å². The standard InChI is InChI=1S/C8H6ClN3O/c9-2-1-3-12-6-11-5-7(4-10)8(12)13/h1-2,5-6H,3H2/b2-1+. The van der Waals surface area contributed by atoms with E-state index in [9.17, 15) is 4.79 Å². The molecular weight excluding hydrogens is 190 g/mol. The van der Waals surface area contributed by atoms with Crippen molar-refractivity contribution in [1.29, 1.82) is 5.26 Å². The largest absolute Gasteiger partial charge is 0.294 e. The van der Waals surface area contributed by atoms with Gasteiger partial charge in [0, 0.05) is 12.1 Å². The Morgan fingerprint density at radius 2 is 2.54 bits per heavy atom. The molecule has 66 valence electrons. The molecule has 1 aromatic heterocycles. The van der Waals surface area contributed by atoms with Crippen molar-refractivity contribution in [3.63, 3.8) is 0 Å². The zero-order chi connectivity index (χ0) is 9.68. The van der Waals surface area contributed by atoms with Gasteiger partial charge in [0.25, 0.3) is 5.56 Å². The van der Waals surface area contributed by atoms with Crippen molar-refractivity contribution in [2.45, 2.75) is 6.54 Å². The molecule has 0 saturated carbocycles. The van der Waals surface area contributed by atoms with E-state index >= 15 is 0 Å². The third kappa shape index (κ3) is 2.17. The minimum absolute atomic E-state index is 0.0328. The zero-order valence-electron chi connectivity index (χ0n) is 6.64. The number of hydrogen-bond acceptors (Lipinski definition) is 3. The summed E-state index contributed by atoms with van der Waals surface area (Å²) in [5.74, 6) is 0. The van der Waals surface area contributed by atoms with Crippen molar-refractivity contribution in [2.24, 2.45) is 0 Å². The number of allylic oxidation sites excluding steroid dienone is 1. The normalized spacial score (nSPS) is 10.2. The fourth-order valence-electron chi connectivity index (χ4n) is 0.811. The lowest BCUT2D eigenvalue weighted by Gasteiger charge is -1.98. The van der Waals surface area contributed by atoms with E-state index < -0.39 is 0 Å². The fraction of sp³-hybridized carbons (Fsp3) is 0.125. The van der Waals surface area contributed by atoms with E-state index in [0.717, 1.165) is 0 Å². The smallest absolute Gasteiger partial charge is 0.271 e. The van der Waals surface area contributed by atoms with Gasteiger partial charge in [0.2, 0.25) is 0 Å². The highest BCUT2D eigenvalue weighted by molar-refractivity contribution is 6.25. The fourth-order valence-corrected chi connectivity index (χ4v) is 0.891. The highest BCUT2D eigenvalue weighted by atomic mass is 35.5. The summed E-state index contributed by atoms with van der Waals surface area (Å²) in [6.07, 6.45) is 4.19. The van der Waals surface area contributed by atoms with Gasteiger partial charge in [-0.2, -0.15) is 5.26 Å². The van der Waals surface area contributed by atoms with Gasteiger partial charge in [-0.25, -0.2) is 4.98 Å². The molecule has 0 bridgehead atoms. The van der Waals surface area contributed by atoms with Crippen LogP contribution in [0.4, 0.5) is 0 Å². The molecular formula is C8H6ClN3O. The molecule has 4 nitrogen and oxygen atoms in total. The molecule has 0 aliphatic heterocycles. The summed E-state index contributed by atoms with van der Waals surface area (Å²) in [6.45, 7) is 0.324. The summed E-state index contributed by atoms with van der Waals surface area (Å²) < 4.78 is 1.30. The molecule has 0 amide bonds. The van der Waals surface area contributed by atoms with Crippen LogP contribution in [0.2, 0.25) is 0 Å². The van der Waals surface area contributed by atoms with E-state index in [2.05, 4.69) is 4.98 Å². The maximum Gasteiger partial charge on any atom is 0.271 e. The second-order valence-corrected chi connectivity index (χ2v) is 2.49. The number of hydrogen-bond donors (Lipinski definition) is 0. The van der Waals surface area contributed by atoms with Crippen molar-refractivity contribution in [2.75, 3.05) is 0 Å². The van der Waals surface area contributed by atoms with E-state index in [1.165, 1.54) is 22.6 Å². The third-order valence-corrected chi connectivity index (χ3v) is 1.59. The van der Waals surface area contributed by atoms with Crippen LogP contribution < -0.4 is 5.56 Å². The molecule has 0 aliphatic rings. The second kappa shape index (κ2) is 4.43. The molecule has 0 atom stereocenters. The van der Waals surface area contributed by atoms with Gasteiger partial charge in [-0.05, 0) is 0 Å². The number of nitriles is 1. The lowest BCUT2D eigenvalue weighted by Crippen LogP contribution is -2.21. The topological polar surface area (TPSA) is 58.7 Å². The van der Waals surface area contributed by atoms with Crippen LogP contribution in [0.15, 0.2) is 28.9 Å². The molecule has 0 spiro atoms. The van der Waals surface area contributed by atoms with E-state index in [1.54, 1.807) is 12.1 Å². The van der Waals surface area contributed by atoms with Crippen LogP contribution >= 0.6 is 11.6 Å². The van der Waals surface area contributed by atoms with Crippen LogP contribution in [0.3, 0.4) is 0 Å². The van der Waals surface area contributed by atoms with Crippen LogP contribution in [-0.2, 0) is 6.54 Å². The summed E-state index contributed by atoms with van der Waals surface area (Å²) in [7, 11) is 0. The van der Waals surface area contributed by atoms with E-state index in [0.29, 0.717) is 6.54 Å². The first-order valence-electron chi connectivity index (χ1n) is 3.49. The first-order chi connectivity index (χ1) is 6.29. The quantitative estimate of drug-likeness (QED) is 0.704. The van der Waals surface area contributed by atoms with Crippen molar-refractivity contribution >= 4 is 11.6 Å². The van der Waals surface area contributed by atoms with Crippen LogP contribution in [0, 0.1) is 11.3 Å². The Morgan fingerprint density at radius 3 is 3.15 bits per heavy atom. The Bertz CT molecular complexity index is 416. The molecule has 5 heteroatoms. The van der Waals surface area contributed by atoms with Crippen LogP contribution in [0.25, 0.3) is 0 Å². The second-order valence-electron chi connectivity index (χ2n) is 2.24. The lowest BCUT2D eigenvalue weighted by atomic mass is 10.4.